The Bertz CT molecular complexity index is 538. The minimum Gasteiger partial charge on any atom is -0.508 e. The van der Waals surface area contributed by atoms with Crippen LogP contribution in [-0.4, -0.2) is 29.8 Å². The summed E-state index contributed by atoms with van der Waals surface area (Å²) >= 11 is 0. The van der Waals surface area contributed by atoms with Gasteiger partial charge in [0.15, 0.2) is 0 Å². The highest BCUT2D eigenvalue weighted by molar-refractivity contribution is 5.87. The number of amides is 1. The number of phenolic OH excluding ortho intramolecular Hbond substituents is 1. The highest BCUT2D eigenvalue weighted by atomic mass is 16.5. The molecule has 1 saturated heterocycles. The molecule has 1 aliphatic heterocycles. The van der Waals surface area contributed by atoms with E-state index in [0.29, 0.717) is 12.0 Å². The number of benzene rings is 1. The van der Waals surface area contributed by atoms with Gasteiger partial charge in [0.25, 0.3) is 0 Å². The molecule has 1 amide bonds. The lowest BCUT2D eigenvalue weighted by Gasteiger charge is -2.35. The largest absolute Gasteiger partial charge is 0.508 e. The zero-order chi connectivity index (χ0) is 15.7. The fourth-order valence-corrected chi connectivity index (χ4v) is 3.71. The number of aromatic hydroxyl groups is 1. The number of hydrogen-bond donors (Lipinski definition) is 2. The Morgan fingerprint density at radius 1 is 1.23 bits per heavy atom. The van der Waals surface area contributed by atoms with Crippen molar-refractivity contribution in [1.82, 2.24) is 5.32 Å². The molecule has 1 heterocycles. The van der Waals surface area contributed by atoms with Gasteiger partial charge in [0.05, 0.1) is 11.5 Å². The number of carbonyl (C=O) groups is 1. The molecule has 1 saturated carbocycles. The molecule has 3 atom stereocenters. The average molecular weight is 303 g/mol. The summed E-state index contributed by atoms with van der Waals surface area (Å²) in [6.07, 6.45) is 4.66. The zero-order valence-corrected chi connectivity index (χ0v) is 13.3. The lowest BCUT2D eigenvalue weighted by Crippen LogP contribution is -2.50. The summed E-state index contributed by atoms with van der Waals surface area (Å²) in [5.41, 5.74) is 0.304. The van der Waals surface area contributed by atoms with Gasteiger partial charge in [-0.2, -0.15) is 0 Å². The molecule has 4 heteroatoms. The van der Waals surface area contributed by atoms with E-state index in [1.165, 1.54) is 0 Å². The van der Waals surface area contributed by atoms with E-state index in [2.05, 4.69) is 5.32 Å². The second-order valence-corrected chi connectivity index (χ2v) is 7.04. The molecule has 0 spiro atoms. The summed E-state index contributed by atoms with van der Waals surface area (Å²) in [6, 6.07) is 7.12. The normalized spacial score (nSPS) is 28.2. The molecule has 0 bridgehead atoms. The molecule has 0 aromatic heterocycles. The topological polar surface area (TPSA) is 58.6 Å². The first-order chi connectivity index (χ1) is 10.5. The molecule has 22 heavy (non-hydrogen) atoms. The number of fused-ring (bicyclic) bond motifs is 1. The van der Waals surface area contributed by atoms with Crippen LogP contribution in [0.2, 0.25) is 0 Å². The molecule has 0 radical (unpaired) electrons. The molecule has 2 aliphatic rings. The van der Waals surface area contributed by atoms with Gasteiger partial charge in [0, 0.05) is 18.6 Å². The molecular weight excluding hydrogens is 278 g/mol. The summed E-state index contributed by atoms with van der Waals surface area (Å²) in [5, 5.41) is 12.7. The van der Waals surface area contributed by atoms with Gasteiger partial charge in [0.1, 0.15) is 5.75 Å². The Morgan fingerprint density at radius 2 is 1.95 bits per heavy atom. The van der Waals surface area contributed by atoms with Crippen LogP contribution in [0.4, 0.5) is 0 Å². The second kappa shape index (κ2) is 5.92. The van der Waals surface area contributed by atoms with Crippen molar-refractivity contribution < 1.29 is 14.6 Å². The predicted molar refractivity (Wildman–Crippen MR) is 84.8 cm³/mol. The van der Waals surface area contributed by atoms with E-state index in [-0.39, 0.29) is 17.7 Å². The quantitative estimate of drug-likeness (QED) is 0.902. The number of phenols is 1. The Morgan fingerprint density at radius 3 is 2.68 bits per heavy atom. The zero-order valence-electron chi connectivity index (χ0n) is 13.3. The van der Waals surface area contributed by atoms with Crippen molar-refractivity contribution in [3.05, 3.63) is 29.8 Å². The van der Waals surface area contributed by atoms with E-state index in [9.17, 15) is 9.90 Å². The minimum absolute atomic E-state index is 0.0516. The van der Waals surface area contributed by atoms with Crippen LogP contribution in [0.25, 0.3) is 0 Å². The third-order valence-electron chi connectivity index (χ3n) is 5.25. The van der Waals surface area contributed by atoms with Crippen LogP contribution in [0.15, 0.2) is 24.3 Å². The van der Waals surface area contributed by atoms with Gasteiger partial charge in [0.2, 0.25) is 5.91 Å². The molecule has 4 nitrogen and oxygen atoms in total. The first kappa shape index (κ1) is 15.3. The molecule has 1 aromatic rings. The summed E-state index contributed by atoms with van der Waals surface area (Å²) in [4.78, 5) is 12.8. The number of carbonyl (C=O) groups excluding carboxylic acids is 1. The van der Waals surface area contributed by atoms with E-state index < -0.39 is 5.41 Å². The number of ether oxygens (including phenoxy) is 1. The number of hydrogen-bond acceptors (Lipinski definition) is 3. The molecular formula is C18H25NO3. The smallest absolute Gasteiger partial charge is 0.230 e. The fourth-order valence-electron chi connectivity index (χ4n) is 3.71. The summed E-state index contributed by atoms with van der Waals surface area (Å²) in [7, 11) is 0. The van der Waals surface area contributed by atoms with E-state index in [1.54, 1.807) is 12.1 Å². The Labute approximate surface area is 131 Å². The van der Waals surface area contributed by atoms with Gasteiger partial charge < -0.3 is 15.2 Å². The Kier molecular flexibility index (Phi) is 4.13. The molecule has 1 aromatic carbocycles. The molecule has 120 valence electrons. The maximum absolute atomic E-state index is 12.8. The van der Waals surface area contributed by atoms with Crippen LogP contribution in [0.5, 0.6) is 5.75 Å². The van der Waals surface area contributed by atoms with Crippen molar-refractivity contribution in [2.24, 2.45) is 5.92 Å². The maximum atomic E-state index is 12.8. The van der Waals surface area contributed by atoms with Crippen LogP contribution < -0.4 is 5.32 Å². The fraction of sp³-hybridized carbons (Fsp3) is 0.611. The van der Waals surface area contributed by atoms with E-state index >= 15 is 0 Å². The van der Waals surface area contributed by atoms with Crippen LogP contribution in [0, 0.1) is 5.92 Å². The van der Waals surface area contributed by atoms with E-state index in [4.69, 9.17) is 4.74 Å². The standard InChI is InChI=1S/C18H25NO3/c1-18(2,12-6-8-13(20)9-7-12)17(21)19-15-4-3-5-16-14(15)10-11-22-16/h6-9,14-16,20H,3-5,10-11H2,1-2H3,(H,19,21)/t14-,15-,16+/m1/s1. The summed E-state index contributed by atoms with van der Waals surface area (Å²) in [5.74, 6) is 0.738. The highest BCUT2D eigenvalue weighted by Crippen LogP contribution is 2.35. The highest BCUT2D eigenvalue weighted by Gasteiger charge is 2.40. The Balaban J connectivity index is 1.71. The third kappa shape index (κ3) is 2.84. The van der Waals surface area contributed by atoms with E-state index in [0.717, 1.165) is 37.9 Å². The molecule has 1 aliphatic carbocycles. The third-order valence-corrected chi connectivity index (χ3v) is 5.25. The molecule has 0 unspecified atom stereocenters. The van der Waals surface area contributed by atoms with Crippen molar-refractivity contribution in [3.63, 3.8) is 0 Å². The predicted octanol–water partition coefficient (Wildman–Crippen LogP) is 2.74. The lowest BCUT2D eigenvalue weighted by atomic mass is 9.79. The van der Waals surface area contributed by atoms with Crippen molar-refractivity contribution in [3.8, 4) is 5.75 Å². The van der Waals surface area contributed by atoms with Gasteiger partial charge in [-0.15, -0.1) is 0 Å². The minimum atomic E-state index is -0.611. The van der Waals surface area contributed by atoms with Crippen molar-refractivity contribution in [2.45, 2.75) is 57.1 Å². The maximum Gasteiger partial charge on any atom is 0.230 e. The van der Waals surface area contributed by atoms with Crippen molar-refractivity contribution in [1.29, 1.82) is 0 Å². The van der Waals surface area contributed by atoms with Gasteiger partial charge in [-0.25, -0.2) is 0 Å². The van der Waals surface area contributed by atoms with Crippen LogP contribution >= 0.6 is 0 Å². The van der Waals surface area contributed by atoms with Crippen LogP contribution in [0.3, 0.4) is 0 Å². The van der Waals surface area contributed by atoms with Gasteiger partial charge in [-0.1, -0.05) is 12.1 Å². The monoisotopic (exact) mass is 303 g/mol. The second-order valence-electron chi connectivity index (χ2n) is 7.04. The van der Waals surface area contributed by atoms with Crippen LogP contribution in [0.1, 0.15) is 45.1 Å². The molecule has 2 fully saturated rings. The van der Waals surface area contributed by atoms with Gasteiger partial charge in [-0.05, 0) is 57.2 Å². The SMILES string of the molecule is CC(C)(C(=O)N[C@@H]1CCC[C@@H]2OCC[C@@H]21)c1ccc(O)cc1. The van der Waals surface area contributed by atoms with Gasteiger partial charge >= 0.3 is 0 Å². The average Bonchev–Trinajstić information content (AvgIpc) is 2.97. The first-order valence-electron chi connectivity index (χ1n) is 8.20. The molecule has 3 rings (SSSR count). The van der Waals surface area contributed by atoms with Crippen molar-refractivity contribution in [2.75, 3.05) is 6.61 Å². The van der Waals surface area contributed by atoms with Crippen LogP contribution in [-0.2, 0) is 14.9 Å². The lowest BCUT2D eigenvalue weighted by molar-refractivity contribution is -0.127. The summed E-state index contributed by atoms with van der Waals surface area (Å²) in [6.45, 7) is 4.68. The van der Waals surface area contributed by atoms with E-state index in [1.807, 2.05) is 26.0 Å². The number of nitrogens with one attached hydrogen (secondary N) is 1. The Hall–Kier alpha value is -1.55. The number of rotatable bonds is 3. The van der Waals surface area contributed by atoms with Gasteiger partial charge in [-0.3, -0.25) is 4.79 Å². The summed E-state index contributed by atoms with van der Waals surface area (Å²) < 4.78 is 5.77. The van der Waals surface area contributed by atoms with Crippen molar-refractivity contribution >= 4 is 5.91 Å². The molecule has 2 N–H and O–H groups in total. The first-order valence-corrected chi connectivity index (χ1v) is 8.20.